The molecule has 8 heteroatoms. The standard InChI is InChI=1S/C11H11N5O3/c12-8(17)5-19-7-3-1-6(2-4-7)9-10(11(13)18)15-16-14-9/h1-4H,5H2,(H2,12,17)(H2,13,18)(H,14,15,16). The number of hydrogen-bond donors (Lipinski definition) is 3. The minimum absolute atomic E-state index is 0.0609. The summed E-state index contributed by atoms with van der Waals surface area (Å²) in [6.07, 6.45) is 0. The largest absolute Gasteiger partial charge is 0.484 e. The molecule has 0 saturated heterocycles. The van der Waals surface area contributed by atoms with Gasteiger partial charge in [-0.3, -0.25) is 9.59 Å². The number of rotatable bonds is 5. The lowest BCUT2D eigenvalue weighted by atomic mass is 10.1. The summed E-state index contributed by atoms with van der Waals surface area (Å²) in [5.41, 5.74) is 11.2. The van der Waals surface area contributed by atoms with E-state index in [4.69, 9.17) is 16.2 Å². The van der Waals surface area contributed by atoms with Crippen LogP contribution in [0.4, 0.5) is 0 Å². The molecule has 0 aliphatic heterocycles. The third-order valence-electron chi connectivity index (χ3n) is 2.29. The van der Waals surface area contributed by atoms with Crippen molar-refractivity contribution in [2.45, 2.75) is 0 Å². The van der Waals surface area contributed by atoms with Crippen molar-refractivity contribution in [1.29, 1.82) is 0 Å². The van der Waals surface area contributed by atoms with E-state index in [9.17, 15) is 9.59 Å². The first-order valence-corrected chi connectivity index (χ1v) is 5.30. The zero-order chi connectivity index (χ0) is 13.8. The van der Waals surface area contributed by atoms with Crippen molar-refractivity contribution in [1.82, 2.24) is 15.4 Å². The third kappa shape index (κ3) is 2.86. The number of hydrogen-bond acceptors (Lipinski definition) is 5. The molecule has 0 spiro atoms. The number of ether oxygens (including phenoxy) is 1. The Morgan fingerprint density at radius 1 is 1.16 bits per heavy atom. The molecule has 19 heavy (non-hydrogen) atoms. The van der Waals surface area contributed by atoms with E-state index in [1.807, 2.05) is 0 Å². The highest BCUT2D eigenvalue weighted by molar-refractivity contribution is 5.96. The number of benzene rings is 1. The van der Waals surface area contributed by atoms with Gasteiger partial charge in [-0.15, -0.1) is 0 Å². The lowest BCUT2D eigenvalue weighted by molar-refractivity contribution is -0.119. The first kappa shape index (κ1) is 12.6. The fourth-order valence-electron chi connectivity index (χ4n) is 1.47. The van der Waals surface area contributed by atoms with Crippen molar-refractivity contribution in [3.8, 4) is 17.0 Å². The maximum Gasteiger partial charge on any atom is 0.271 e. The zero-order valence-electron chi connectivity index (χ0n) is 9.79. The van der Waals surface area contributed by atoms with Gasteiger partial charge in [0.2, 0.25) is 0 Å². The molecule has 8 nitrogen and oxygen atoms in total. The van der Waals surface area contributed by atoms with Gasteiger partial charge < -0.3 is 16.2 Å². The maximum atomic E-state index is 11.1. The van der Waals surface area contributed by atoms with Crippen LogP contribution >= 0.6 is 0 Å². The van der Waals surface area contributed by atoms with Crippen LogP contribution in [0.2, 0.25) is 0 Å². The first-order valence-electron chi connectivity index (χ1n) is 5.30. The predicted octanol–water partition coefficient (Wildman–Crippen LogP) is -0.565. The summed E-state index contributed by atoms with van der Waals surface area (Å²) in [5.74, 6) is -0.749. The molecule has 0 bridgehead atoms. The van der Waals surface area contributed by atoms with Crippen molar-refractivity contribution < 1.29 is 14.3 Å². The summed E-state index contributed by atoms with van der Waals surface area (Å²) >= 11 is 0. The Bertz CT molecular complexity index is 605. The fraction of sp³-hybridized carbons (Fsp3) is 0.0909. The second-order valence-electron chi connectivity index (χ2n) is 3.66. The van der Waals surface area contributed by atoms with Gasteiger partial charge in [-0.1, -0.05) is 0 Å². The first-order chi connectivity index (χ1) is 9.08. The van der Waals surface area contributed by atoms with Crippen LogP contribution in [0.3, 0.4) is 0 Å². The molecular formula is C11H11N5O3. The summed E-state index contributed by atoms with van der Waals surface area (Å²) in [6, 6.07) is 6.58. The Kier molecular flexibility index (Phi) is 3.42. The van der Waals surface area contributed by atoms with Crippen LogP contribution in [-0.2, 0) is 4.79 Å². The van der Waals surface area contributed by atoms with E-state index in [1.165, 1.54) is 0 Å². The monoisotopic (exact) mass is 261 g/mol. The van der Waals surface area contributed by atoms with Gasteiger partial charge in [-0.05, 0) is 24.3 Å². The van der Waals surface area contributed by atoms with E-state index in [0.717, 1.165) is 0 Å². The molecule has 2 amide bonds. The molecule has 1 aromatic carbocycles. The summed E-state index contributed by atoms with van der Waals surface area (Å²) in [5, 5.41) is 9.87. The Hall–Kier alpha value is -2.90. The minimum Gasteiger partial charge on any atom is -0.484 e. The molecule has 0 fully saturated rings. The molecule has 1 aromatic heterocycles. The molecular weight excluding hydrogens is 250 g/mol. The molecule has 0 saturated carbocycles. The number of nitrogens with zero attached hydrogens (tertiary/aromatic N) is 2. The number of aromatic amines is 1. The summed E-state index contributed by atoms with van der Waals surface area (Å²) in [7, 11) is 0. The molecule has 2 rings (SSSR count). The van der Waals surface area contributed by atoms with Crippen LogP contribution in [0.25, 0.3) is 11.3 Å². The number of nitrogens with two attached hydrogens (primary N) is 2. The van der Waals surface area contributed by atoms with Gasteiger partial charge in [0.1, 0.15) is 11.4 Å². The quantitative estimate of drug-likeness (QED) is 0.662. The van der Waals surface area contributed by atoms with Crippen molar-refractivity contribution >= 4 is 11.8 Å². The highest BCUT2D eigenvalue weighted by atomic mass is 16.5. The molecule has 0 radical (unpaired) electrons. The summed E-state index contributed by atoms with van der Waals surface area (Å²) < 4.78 is 5.11. The molecule has 0 aliphatic carbocycles. The average Bonchev–Trinajstić information content (AvgIpc) is 2.86. The van der Waals surface area contributed by atoms with Crippen LogP contribution in [0.15, 0.2) is 24.3 Å². The smallest absolute Gasteiger partial charge is 0.271 e. The van der Waals surface area contributed by atoms with Crippen molar-refractivity contribution in [3.05, 3.63) is 30.0 Å². The van der Waals surface area contributed by atoms with Crippen LogP contribution in [0.1, 0.15) is 10.5 Å². The second kappa shape index (κ2) is 5.17. The van der Waals surface area contributed by atoms with Crippen molar-refractivity contribution in [2.75, 3.05) is 6.61 Å². The zero-order valence-corrected chi connectivity index (χ0v) is 9.79. The van der Waals surface area contributed by atoms with E-state index < -0.39 is 11.8 Å². The number of aromatic nitrogens is 3. The number of amides is 2. The summed E-state index contributed by atoms with van der Waals surface area (Å²) in [6.45, 7) is -0.199. The van der Waals surface area contributed by atoms with Crippen LogP contribution in [-0.4, -0.2) is 33.8 Å². The third-order valence-corrected chi connectivity index (χ3v) is 2.29. The van der Waals surface area contributed by atoms with Gasteiger partial charge in [0.15, 0.2) is 12.3 Å². The molecule has 0 atom stereocenters. The molecule has 0 unspecified atom stereocenters. The normalized spacial score (nSPS) is 10.1. The van der Waals surface area contributed by atoms with E-state index in [-0.39, 0.29) is 12.3 Å². The number of primary amides is 2. The lowest BCUT2D eigenvalue weighted by Crippen LogP contribution is -2.19. The Balaban J connectivity index is 2.20. The molecule has 0 aliphatic rings. The molecule has 98 valence electrons. The Morgan fingerprint density at radius 3 is 2.42 bits per heavy atom. The highest BCUT2D eigenvalue weighted by Crippen LogP contribution is 2.22. The minimum atomic E-state index is -0.669. The van der Waals surface area contributed by atoms with Gasteiger partial charge in [0, 0.05) is 5.56 Å². The Morgan fingerprint density at radius 2 is 1.84 bits per heavy atom. The van der Waals surface area contributed by atoms with Gasteiger partial charge in [-0.2, -0.15) is 15.4 Å². The predicted molar refractivity (Wildman–Crippen MR) is 65.0 cm³/mol. The van der Waals surface area contributed by atoms with Crippen LogP contribution < -0.4 is 16.2 Å². The fourth-order valence-corrected chi connectivity index (χ4v) is 1.47. The van der Waals surface area contributed by atoms with Crippen molar-refractivity contribution in [3.63, 3.8) is 0 Å². The number of H-pyrrole nitrogens is 1. The maximum absolute atomic E-state index is 11.1. The van der Waals surface area contributed by atoms with Gasteiger partial charge in [0.25, 0.3) is 11.8 Å². The van der Waals surface area contributed by atoms with Crippen LogP contribution in [0, 0.1) is 0 Å². The highest BCUT2D eigenvalue weighted by Gasteiger charge is 2.14. The Labute approximate surface area is 107 Å². The topological polar surface area (TPSA) is 137 Å². The van der Waals surface area contributed by atoms with E-state index >= 15 is 0 Å². The molecule has 5 N–H and O–H groups in total. The number of carbonyl (C=O) groups is 2. The second-order valence-corrected chi connectivity index (χ2v) is 3.66. The average molecular weight is 261 g/mol. The van der Waals surface area contributed by atoms with Gasteiger partial charge in [-0.25, -0.2) is 0 Å². The molecule has 2 aromatic rings. The number of carbonyl (C=O) groups excluding carboxylic acids is 2. The van der Waals surface area contributed by atoms with E-state index in [0.29, 0.717) is 17.0 Å². The van der Waals surface area contributed by atoms with Crippen molar-refractivity contribution in [2.24, 2.45) is 11.5 Å². The SMILES string of the molecule is NC(=O)COc1ccc(-c2n[nH]nc2C(N)=O)cc1. The lowest BCUT2D eigenvalue weighted by Gasteiger charge is -2.04. The van der Waals surface area contributed by atoms with E-state index in [2.05, 4.69) is 15.4 Å². The van der Waals surface area contributed by atoms with Gasteiger partial charge in [0.05, 0.1) is 0 Å². The van der Waals surface area contributed by atoms with Crippen LogP contribution in [0.5, 0.6) is 5.75 Å². The summed E-state index contributed by atoms with van der Waals surface area (Å²) in [4.78, 5) is 21.7. The molecule has 1 heterocycles. The number of nitrogens with one attached hydrogen (secondary N) is 1. The van der Waals surface area contributed by atoms with E-state index in [1.54, 1.807) is 24.3 Å². The van der Waals surface area contributed by atoms with Gasteiger partial charge >= 0.3 is 0 Å².